The Morgan fingerprint density at radius 1 is 1.13 bits per heavy atom. The van der Waals surface area contributed by atoms with Crippen molar-refractivity contribution in [1.82, 2.24) is 4.98 Å². The van der Waals surface area contributed by atoms with Crippen LogP contribution in [0.2, 0.25) is 10.0 Å². The van der Waals surface area contributed by atoms with Gasteiger partial charge in [-0.15, -0.1) is 0 Å². The smallest absolute Gasteiger partial charge is 0.266 e. The summed E-state index contributed by atoms with van der Waals surface area (Å²) in [5, 5.41) is 14.0. The van der Waals surface area contributed by atoms with Gasteiger partial charge in [0.2, 0.25) is 0 Å². The maximum Gasteiger partial charge on any atom is 0.266 e. The van der Waals surface area contributed by atoms with Gasteiger partial charge in [0.05, 0.1) is 22.5 Å². The number of rotatable bonds is 4. The van der Waals surface area contributed by atoms with Crippen molar-refractivity contribution >= 4 is 51.8 Å². The molecule has 0 bridgehead atoms. The van der Waals surface area contributed by atoms with Crippen LogP contribution in [0.3, 0.4) is 0 Å². The first kappa shape index (κ1) is 19.7. The van der Waals surface area contributed by atoms with E-state index in [-0.39, 0.29) is 5.57 Å². The van der Waals surface area contributed by atoms with Gasteiger partial charge < -0.3 is 9.73 Å². The number of halogens is 2. The van der Waals surface area contributed by atoms with Crippen LogP contribution in [0.1, 0.15) is 5.56 Å². The van der Waals surface area contributed by atoms with Gasteiger partial charge >= 0.3 is 0 Å². The Kier molecular flexibility index (Phi) is 5.53. The summed E-state index contributed by atoms with van der Waals surface area (Å²) in [5.74, 6) is -0.0519. The van der Waals surface area contributed by atoms with E-state index in [4.69, 9.17) is 27.6 Å². The Morgan fingerprint density at radius 3 is 2.83 bits per heavy atom. The molecule has 5 nitrogen and oxygen atoms in total. The minimum Gasteiger partial charge on any atom is -0.464 e. The summed E-state index contributed by atoms with van der Waals surface area (Å²) in [5.41, 5.74) is 2.42. The van der Waals surface area contributed by atoms with E-state index < -0.39 is 5.91 Å². The van der Waals surface area contributed by atoms with E-state index in [1.807, 2.05) is 18.2 Å². The Bertz CT molecular complexity index is 1330. The number of aromatic nitrogens is 1. The third kappa shape index (κ3) is 4.06. The number of amides is 1. The number of carbonyl (C=O) groups is 1. The second kappa shape index (κ2) is 8.42. The van der Waals surface area contributed by atoms with Gasteiger partial charge in [-0.25, -0.2) is 0 Å². The highest BCUT2D eigenvalue weighted by molar-refractivity contribution is 6.35. The first-order valence-corrected chi connectivity index (χ1v) is 9.61. The molecule has 1 N–H and O–H groups in total. The summed E-state index contributed by atoms with van der Waals surface area (Å²) in [6, 6.07) is 17.7. The van der Waals surface area contributed by atoms with Gasteiger partial charge in [-0.3, -0.25) is 9.78 Å². The standard InChI is InChI=1S/C23H13Cl2N3O2/c24-16-6-7-19(25)18(11-16)22-10-14(13-30-22)9-15(12-26)23(29)28-21-5-1-4-20-17(21)3-2-8-27-20/h1-11,13H,(H,28,29)/b15-9+. The molecule has 1 amide bonds. The molecule has 0 saturated carbocycles. The number of pyridine rings is 1. The number of nitrogens with zero attached hydrogens (tertiary/aromatic N) is 2. The lowest BCUT2D eigenvalue weighted by molar-refractivity contribution is -0.112. The fourth-order valence-electron chi connectivity index (χ4n) is 2.97. The van der Waals surface area contributed by atoms with Crippen LogP contribution < -0.4 is 5.32 Å². The van der Waals surface area contributed by atoms with E-state index in [1.54, 1.807) is 48.7 Å². The minimum atomic E-state index is -0.530. The van der Waals surface area contributed by atoms with Crippen LogP contribution in [-0.4, -0.2) is 10.9 Å². The second-order valence-electron chi connectivity index (χ2n) is 6.37. The molecule has 2 aromatic carbocycles. The number of benzene rings is 2. The van der Waals surface area contributed by atoms with Crippen molar-refractivity contribution in [2.75, 3.05) is 5.32 Å². The second-order valence-corrected chi connectivity index (χ2v) is 7.21. The molecule has 0 aliphatic rings. The van der Waals surface area contributed by atoms with Crippen molar-refractivity contribution in [2.45, 2.75) is 0 Å². The number of hydrogen-bond acceptors (Lipinski definition) is 4. The number of furan rings is 1. The molecule has 4 aromatic rings. The van der Waals surface area contributed by atoms with Crippen molar-refractivity contribution in [3.05, 3.63) is 88.2 Å². The summed E-state index contributed by atoms with van der Waals surface area (Å²) in [6.45, 7) is 0. The van der Waals surface area contributed by atoms with Crippen LogP contribution in [0.4, 0.5) is 5.69 Å². The van der Waals surface area contributed by atoms with Gasteiger partial charge in [-0.1, -0.05) is 29.3 Å². The summed E-state index contributed by atoms with van der Waals surface area (Å²) < 4.78 is 5.55. The largest absolute Gasteiger partial charge is 0.464 e. The Hall–Kier alpha value is -3.59. The highest BCUT2D eigenvalue weighted by Crippen LogP contribution is 2.32. The number of nitriles is 1. The third-order valence-electron chi connectivity index (χ3n) is 4.38. The average Bonchev–Trinajstić information content (AvgIpc) is 3.22. The molecule has 0 fully saturated rings. The summed E-state index contributed by atoms with van der Waals surface area (Å²) in [6.07, 6.45) is 4.57. The van der Waals surface area contributed by atoms with Crippen molar-refractivity contribution in [3.8, 4) is 17.4 Å². The third-order valence-corrected chi connectivity index (χ3v) is 4.95. The molecule has 146 valence electrons. The monoisotopic (exact) mass is 433 g/mol. The molecule has 2 heterocycles. The first-order valence-electron chi connectivity index (χ1n) is 8.86. The molecule has 0 saturated heterocycles. The SMILES string of the molecule is N#C/C(=C\c1coc(-c2cc(Cl)ccc2Cl)c1)C(=O)Nc1cccc2ncccc12. The lowest BCUT2D eigenvalue weighted by Gasteiger charge is -2.07. The first-order chi connectivity index (χ1) is 14.5. The Morgan fingerprint density at radius 2 is 2.00 bits per heavy atom. The molecule has 2 aromatic heterocycles. The molecule has 4 rings (SSSR count). The zero-order valence-corrected chi connectivity index (χ0v) is 16.9. The van der Waals surface area contributed by atoms with Gasteiger partial charge in [0.25, 0.3) is 5.91 Å². The van der Waals surface area contributed by atoms with Crippen LogP contribution >= 0.6 is 23.2 Å². The molecular formula is C23H13Cl2N3O2. The van der Waals surface area contributed by atoms with Gasteiger partial charge in [0.15, 0.2) is 0 Å². The lowest BCUT2D eigenvalue weighted by atomic mass is 10.1. The molecule has 7 heteroatoms. The number of anilines is 1. The summed E-state index contributed by atoms with van der Waals surface area (Å²) >= 11 is 12.2. The molecule has 0 unspecified atom stereocenters. The zero-order valence-electron chi connectivity index (χ0n) is 15.4. The fourth-order valence-corrected chi connectivity index (χ4v) is 3.35. The van der Waals surface area contributed by atoms with Crippen molar-refractivity contribution in [1.29, 1.82) is 5.26 Å². The zero-order chi connectivity index (χ0) is 21.1. The summed E-state index contributed by atoms with van der Waals surface area (Å²) in [7, 11) is 0. The maximum atomic E-state index is 12.7. The number of hydrogen-bond donors (Lipinski definition) is 1. The predicted octanol–water partition coefficient (Wildman–Crippen LogP) is 6.35. The molecular weight excluding hydrogens is 421 g/mol. The van der Waals surface area contributed by atoms with Crippen LogP contribution in [0, 0.1) is 11.3 Å². The van der Waals surface area contributed by atoms with Crippen molar-refractivity contribution in [2.24, 2.45) is 0 Å². The van der Waals surface area contributed by atoms with E-state index in [0.717, 1.165) is 10.9 Å². The lowest BCUT2D eigenvalue weighted by Crippen LogP contribution is -2.13. The Balaban J connectivity index is 1.61. The minimum absolute atomic E-state index is 0.0690. The van der Waals surface area contributed by atoms with Crippen LogP contribution in [-0.2, 0) is 4.79 Å². The van der Waals surface area contributed by atoms with E-state index in [1.165, 1.54) is 12.3 Å². The van der Waals surface area contributed by atoms with Gasteiger partial charge in [-0.05, 0) is 54.6 Å². The number of fused-ring (bicyclic) bond motifs is 1. The van der Waals surface area contributed by atoms with Crippen LogP contribution in [0.25, 0.3) is 28.3 Å². The molecule has 0 aliphatic heterocycles. The maximum absolute atomic E-state index is 12.7. The van der Waals surface area contributed by atoms with E-state index >= 15 is 0 Å². The highest BCUT2D eigenvalue weighted by Gasteiger charge is 2.14. The van der Waals surface area contributed by atoms with Crippen molar-refractivity contribution in [3.63, 3.8) is 0 Å². The predicted molar refractivity (Wildman–Crippen MR) is 118 cm³/mol. The van der Waals surface area contributed by atoms with Gasteiger partial charge in [0, 0.05) is 27.7 Å². The highest BCUT2D eigenvalue weighted by atomic mass is 35.5. The van der Waals surface area contributed by atoms with Crippen LogP contribution in [0.5, 0.6) is 0 Å². The molecule has 0 spiro atoms. The molecule has 0 aliphatic carbocycles. The molecule has 0 radical (unpaired) electrons. The molecule has 0 atom stereocenters. The number of carbonyl (C=O) groups excluding carboxylic acids is 1. The van der Waals surface area contributed by atoms with Gasteiger partial charge in [0.1, 0.15) is 17.4 Å². The van der Waals surface area contributed by atoms with E-state index in [2.05, 4.69) is 10.3 Å². The number of nitrogens with one attached hydrogen (secondary N) is 1. The van der Waals surface area contributed by atoms with E-state index in [0.29, 0.717) is 32.6 Å². The normalized spacial score (nSPS) is 11.3. The van der Waals surface area contributed by atoms with Crippen LogP contribution in [0.15, 0.2) is 77.0 Å². The summed E-state index contributed by atoms with van der Waals surface area (Å²) in [4.78, 5) is 16.9. The van der Waals surface area contributed by atoms with E-state index in [9.17, 15) is 10.1 Å². The quantitative estimate of drug-likeness (QED) is 0.300. The Labute approximate surface area is 182 Å². The van der Waals surface area contributed by atoms with Gasteiger partial charge in [-0.2, -0.15) is 5.26 Å². The topological polar surface area (TPSA) is 78.9 Å². The molecule has 30 heavy (non-hydrogen) atoms. The fraction of sp³-hybridized carbons (Fsp3) is 0. The van der Waals surface area contributed by atoms with Crippen molar-refractivity contribution < 1.29 is 9.21 Å². The average molecular weight is 434 g/mol.